The predicted octanol–water partition coefficient (Wildman–Crippen LogP) is 8.91. The fourth-order valence-corrected chi connectivity index (χ4v) is 6.71. The first kappa shape index (κ1) is 46.8. The Hall–Kier alpha value is -6.90. The molecule has 6 rings (SSSR count). The van der Waals surface area contributed by atoms with E-state index in [1.54, 1.807) is 106 Å². The number of aliphatic carboxylic acids is 1. The number of carbonyl (C=O) groups is 4. The SMILES string of the molecule is CC(=O)c1cccc2ncn(CC(=O)CC(C)c3ccc(C(C)(C)C#N)c(F)c3)c12.CC(=O)c1cccc2ncn(CC(=O)O)c12.CC(N)c1ccc(C(C)(C)C#N)c(F)c1. The van der Waals surface area contributed by atoms with Gasteiger partial charge in [-0.3, -0.25) is 19.2 Å². The smallest absolute Gasteiger partial charge is 0.323 e. The summed E-state index contributed by atoms with van der Waals surface area (Å²) in [6.45, 7) is 13.2. The van der Waals surface area contributed by atoms with E-state index in [1.165, 1.54) is 36.9 Å². The number of nitrogens with zero attached hydrogens (tertiary/aromatic N) is 6. The highest BCUT2D eigenvalue weighted by atomic mass is 19.1. The molecule has 0 fully saturated rings. The van der Waals surface area contributed by atoms with Gasteiger partial charge >= 0.3 is 5.97 Å². The van der Waals surface area contributed by atoms with Crippen LogP contribution in [0.3, 0.4) is 0 Å². The molecule has 14 heteroatoms. The number of carboxylic acid groups (broad SMARTS) is 1. The van der Waals surface area contributed by atoms with Crippen molar-refractivity contribution in [3.8, 4) is 12.1 Å². The molecule has 0 radical (unpaired) electrons. The fourth-order valence-electron chi connectivity index (χ4n) is 6.71. The summed E-state index contributed by atoms with van der Waals surface area (Å²) in [4.78, 5) is 55.0. The van der Waals surface area contributed by atoms with E-state index in [0.29, 0.717) is 49.9 Å². The zero-order chi connectivity index (χ0) is 45.4. The van der Waals surface area contributed by atoms with Gasteiger partial charge in [0.1, 0.15) is 18.2 Å². The zero-order valence-electron chi connectivity index (χ0n) is 35.5. The monoisotopic (exact) mass is 829 g/mol. The highest BCUT2D eigenvalue weighted by molar-refractivity contribution is 6.06. The van der Waals surface area contributed by atoms with Crippen LogP contribution in [0.5, 0.6) is 0 Å². The third-order valence-electron chi connectivity index (χ3n) is 10.2. The number of nitriles is 2. The van der Waals surface area contributed by atoms with Crippen molar-refractivity contribution < 1.29 is 33.1 Å². The van der Waals surface area contributed by atoms with Gasteiger partial charge < -0.3 is 20.0 Å². The third-order valence-corrected chi connectivity index (χ3v) is 10.2. The van der Waals surface area contributed by atoms with Crippen LogP contribution in [0.2, 0.25) is 0 Å². The van der Waals surface area contributed by atoms with E-state index >= 15 is 0 Å². The number of hydrogen-bond donors (Lipinski definition) is 2. The molecule has 2 unspecified atom stereocenters. The molecule has 2 atom stereocenters. The van der Waals surface area contributed by atoms with Crippen molar-refractivity contribution in [2.75, 3.05) is 0 Å². The Labute approximate surface area is 353 Å². The predicted molar refractivity (Wildman–Crippen MR) is 228 cm³/mol. The Bertz CT molecular complexity index is 2700. The minimum Gasteiger partial charge on any atom is -0.480 e. The molecule has 0 aliphatic rings. The fraction of sp³-hybridized carbons (Fsp3) is 0.319. The number of nitrogens with two attached hydrogens (primary N) is 1. The van der Waals surface area contributed by atoms with Crippen molar-refractivity contribution in [3.05, 3.63) is 130 Å². The molecular weight excluding hydrogens is 781 g/mol. The van der Waals surface area contributed by atoms with Gasteiger partial charge in [-0.25, -0.2) is 18.7 Å². The Morgan fingerprint density at radius 2 is 1.15 bits per heavy atom. The summed E-state index contributed by atoms with van der Waals surface area (Å²) in [6, 6.07) is 24.0. The van der Waals surface area contributed by atoms with E-state index in [2.05, 4.69) is 22.1 Å². The maximum atomic E-state index is 14.5. The van der Waals surface area contributed by atoms with E-state index < -0.39 is 22.6 Å². The van der Waals surface area contributed by atoms with Crippen molar-refractivity contribution >= 4 is 45.4 Å². The van der Waals surface area contributed by atoms with Gasteiger partial charge in [-0.2, -0.15) is 10.5 Å². The van der Waals surface area contributed by atoms with E-state index in [1.807, 2.05) is 6.92 Å². The summed E-state index contributed by atoms with van der Waals surface area (Å²) < 4.78 is 31.4. The first-order chi connectivity index (χ1) is 28.6. The molecule has 0 saturated heterocycles. The Morgan fingerprint density at radius 1 is 0.721 bits per heavy atom. The van der Waals surface area contributed by atoms with Gasteiger partial charge in [0, 0.05) is 34.7 Å². The minimum atomic E-state index is -0.961. The number of carboxylic acids is 1. The first-order valence-electron chi connectivity index (χ1n) is 19.4. The maximum absolute atomic E-state index is 14.5. The second-order valence-corrected chi connectivity index (χ2v) is 16.0. The van der Waals surface area contributed by atoms with Gasteiger partial charge in [-0.15, -0.1) is 0 Å². The summed E-state index contributed by atoms with van der Waals surface area (Å²) >= 11 is 0. The van der Waals surface area contributed by atoms with Crippen molar-refractivity contribution in [1.82, 2.24) is 19.1 Å². The van der Waals surface area contributed by atoms with Crippen LogP contribution in [0.15, 0.2) is 85.5 Å². The molecule has 316 valence electrons. The molecule has 0 amide bonds. The van der Waals surface area contributed by atoms with Crippen LogP contribution in [0, 0.1) is 34.3 Å². The lowest BCUT2D eigenvalue weighted by molar-refractivity contribution is -0.137. The highest BCUT2D eigenvalue weighted by Gasteiger charge is 2.26. The number of Topliss-reactive ketones (excluding diaryl/α,β-unsaturated/α-hetero) is 3. The summed E-state index contributed by atoms with van der Waals surface area (Å²) in [5.41, 5.74) is 9.68. The molecule has 61 heavy (non-hydrogen) atoms. The molecule has 3 N–H and O–H groups in total. The Balaban J connectivity index is 0.000000222. The Kier molecular flexibility index (Phi) is 14.9. The summed E-state index contributed by atoms with van der Waals surface area (Å²) in [7, 11) is 0. The van der Waals surface area contributed by atoms with Crippen molar-refractivity contribution in [2.24, 2.45) is 5.73 Å². The average Bonchev–Trinajstić information content (AvgIpc) is 3.81. The van der Waals surface area contributed by atoms with Crippen molar-refractivity contribution in [2.45, 2.75) is 97.7 Å². The van der Waals surface area contributed by atoms with Crippen LogP contribution < -0.4 is 5.73 Å². The van der Waals surface area contributed by atoms with Crippen LogP contribution in [0.4, 0.5) is 8.78 Å². The molecule has 2 heterocycles. The molecule has 6 aromatic rings. The molecule has 0 aliphatic carbocycles. The number of halogens is 2. The molecule has 0 spiro atoms. The number of rotatable bonds is 12. The lowest BCUT2D eigenvalue weighted by atomic mass is 9.84. The highest BCUT2D eigenvalue weighted by Crippen LogP contribution is 2.30. The number of carbonyl (C=O) groups excluding carboxylic acids is 3. The van der Waals surface area contributed by atoms with Gasteiger partial charge in [-0.05, 0) is 102 Å². The number of ketones is 3. The second-order valence-electron chi connectivity index (χ2n) is 16.0. The summed E-state index contributed by atoms with van der Waals surface area (Å²) in [5, 5.41) is 26.9. The van der Waals surface area contributed by atoms with Crippen LogP contribution >= 0.6 is 0 Å². The number of benzene rings is 4. The Morgan fingerprint density at radius 3 is 1.54 bits per heavy atom. The third kappa shape index (κ3) is 11.2. The van der Waals surface area contributed by atoms with Crippen molar-refractivity contribution in [3.63, 3.8) is 0 Å². The molecule has 4 aromatic carbocycles. The number of imidazole rings is 2. The molecule has 0 saturated carbocycles. The van der Waals surface area contributed by atoms with Crippen LogP contribution in [0.25, 0.3) is 22.1 Å². The number of hydrogen-bond acceptors (Lipinski definition) is 9. The van der Waals surface area contributed by atoms with Crippen LogP contribution in [0.1, 0.15) is 117 Å². The van der Waals surface area contributed by atoms with Crippen LogP contribution in [-0.4, -0.2) is 47.5 Å². The van der Waals surface area contributed by atoms with E-state index in [0.717, 1.165) is 5.56 Å². The van der Waals surface area contributed by atoms with Gasteiger partial charge in [0.05, 0.1) is 64.2 Å². The lowest BCUT2D eigenvalue weighted by Crippen LogP contribution is -2.17. The number of aromatic nitrogens is 4. The lowest BCUT2D eigenvalue weighted by Gasteiger charge is -2.19. The van der Waals surface area contributed by atoms with E-state index in [9.17, 15) is 33.2 Å². The number of fused-ring (bicyclic) bond motifs is 2. The topological polar surface area (TPSA) is 198 Å². The van der Waals surface area contributed by atoms with E-state index in [4.69, 9.17) is 16.1 Å². The minimum absolute atomic E-state index is 0.0398. The zero-order valence-corrected chi connectivity index (χ0v) is 35.5. The van der Waals surface area contributed by atoms with Gasteiger partial charge in [-0.1, -0.05) is 43.3 Å². The van der Waals surface area contributed by atoms with Gasteiger partial charge in [0.15, 0.2) is 17.3 Å². The quantitative estimate of drug-likeness (QED) is 0.112. The molecule has 2 aromatic heterocycles. The average molecular weight is 830 g/mol. The van der Waals surface area contributed by atoms with Gasteiger partial charge in [0.25, 0.3) is 0 Å². The molecule has 0 bridgehead atoms. The summed E-state index contributed by atoms with van der Waals surface area (Å²) in [5.74, 6) is -2.17. The largest absolute Gasteiger partial charge is 0.480 e. The maximum Gasteiger partial charge on any atom is 0.323 e. The number of para-hydroxylation sites is 2. The molecule has 12 nitrogen and oxygen atoms in total. The van der Waals surface area contributed by atoms with Crippen molar-refractivity contribution in [1.29, 1.82) is 10.5 Å². The van der Waals surface area contributed by atoms with Gasteiger partial charge in [0.2, 0.25) is 0 Å². The normalized spacial score (nSPS) is 12.2. The standard InChI is InChI=1S/C24H24FN3O2.C12H15FN2.C11H10N2O3/c1-15(17-8-9-20(21(25)11-17)24(3,4)13-26)10-18(30)12-28-14-27-22-7-5-6-19(16(2)29)23(22)28;1-8(15)9-4-5-10(11(13)6-9)12(2,3)7-14;1-7(14)8-3-2-4-9-11(8)13(6-12-9)5-10(15)16/h5-9,11,14-15H,10,12H2,1-4H3;4-6,8H,15H2,1-3H3;2-4,6H,5H2,1H3,(H,15,16). The first-order valence-corrected chi connectivity index (χ1v) is 19.4. The van der Waals surface area contributed by atoms with Crippen LogP contribution in [-0.2, 0) is 33.5 Å². The van der Waals surface area contributed by atoms with E-state index in [-0.39, 0.29) is 54.6 Å². The molecule has 0 aliphatic heterocycles. The summed E-state index contributed by atoms with van der Waals surface area (Å²) in [6.07, 6.45) is 3.23. The molecular formula is C47H49F2N7O5. The second kappa shape index (κ2) is 19.4.